The van der Waals surface area contributed by atoms with Crippen LogP contribution in [0.5, 0.6) is 5.75 Å². The molecule has 0 fully saturated rings. The number of esters is 1. The van der Waals surface area contributed by atoms with Gasteiger partial charge in [0, 0.05) is 11.9 Å². The van der Waals surface area contributed by atoms with Gasteiger partial charge in [-0.1, -0.05) is 13.0 Å². The van der Waals surface area contributed by atoms with Crippen molar-refractivity contribution in [3.63, 3.8) is 0 Å². The number of fused-ring (bicyclic) bond motifs is 1. The molecule has 0 aliphatic rings. The van der Waals surface area contributed by atoms with Crippen LogP contribution in [0, 0.1) is 0 Å². The lowest BCUT2D eigenvalue weighted by Gasteiger charge is -2.08. The summed E-state index contributed by atoms with van der Waals surface area (Å²) in [4.78, 5) is 29.1. The fourth-order valence-electron chi connectivity index (χ4n) is 2.77. The van der Waals surface area contributed by atoms with E-state index >= 15 is 0 Å². The minimum atomic E-state index is -0.463. The fourth-order valence-corrected chi connectivity index (χ4v) is 2.77. The van der Waals surface area contributed by atoms with Crippen molar-refractivity contribution in [3.05, 3.63) is 59.5 Å². The van der Waals surface area contributed by atoms with E-state index in [1.165, 1.54) is 7.11 Å². The van der Waals surface area contributed by atoms with Crippen LogP contribution in [0.2, 0.25) is 0 Å². The van der Waals surface area contributed by atoms with Gasteiger partial charge < -0.3 is 14.8 Å². The molecule has 0 saturated heterocycles. The Morgan fingerprint density at radius 2 is 2.00 bits per heavy atom. The minimum absolute atomic E-state index is 0.315. The number of hydrogen-bond acceptors (Lipinski definition) is 5. The maximum absolute atomic E-state index is 12.9. The molecule has 0 spiro atoms. The number of aryl methyl sites for hydroxylation is 1. The Bertz CT molecular complexity index is 978. The van der Waals surface area contributed by atoms with E-state index in [-0.39, 0.29) is 5.91 Å². The molecule has 2 heterocycles. The van der Waals surface area contributed by atoms with Crippen LogP contribution in [0.15, 0.2) is 42.6 Å². The van der Waals surface area contributed by atoms with Gasteiger partial charge in [-0.25, -0.2) is 9.78 Å². The number of carbonyl (C=O) groups is 2. The number of nitrogens with zero attached hydrogens (tertiary/aromatic N) is 2. The van der Waals surface area contributed by atoms with Gasteiger partial charge in [-0.3, -0.25) is 9.20 Å². The van der Waals surface area contributed by atoms with Crippen LogP contribution in [0.25, 0.3) is 5.65 Å². The second kappa shape index (κ2) is 7.26. The van der Waals surface area contributed by atoms with E-state index in [9.17, 15) is 9.59 Å². The number of pyridine rings is 1. The first-order valence-electron chi connectivity index (χ1n) is 8.12. The second-order valence-electron chi connectivity index (χ2n) is 5.56. The molecule has 7 nitrogen and oxygen atoms in total. The van der Waals surface area contributed by atoms with Crippen molar-refractivity contribution in [3.8, 4) is 5.75 Å². The molecule has 0 radical (unpaired) electrons. The molecular formula is C19H19N3O4. The molecule has 0 saturated carbocycles. The summed E-state index contributed by atoms with van der Waals surface area (Å²) in [7, 11) is 2.88. The van der Waals surface area contributed by atoms with E-state index < -0.39 is 5.97 Å². The third-order valence-corrected chi connectivity index (χ3v) is 4.00. The monoisotopic (exact) mass is 353 g/mol. The van der Waals surface area contributed by atoms with E-state index in [0.717, 1.165) is 0 Å². The molecule has 0 unspecified atom stereocenters. The summed E-state index contributed by atoms with van der Waals surface area (Å²) in [6.45, 7) is 1.93. The minimum Gasteiger partial charge on any atom is -0.493 e. The average molecular weight is 353 g/mol. The van der Waals surface area contributed by atoms with E-state index in [2.05, 4.69) is 10.3 Å². The molecule has 0 aliphatic carbocycles. The van der Waals surface area contributed by atoms with Gasteiger partial charge in [0.1, 0.15) is 5.69 Å². The van der Waals surface area contributed by atoms with Crippen LogP contribution < -0.4 is 10.1 Å². The molecule has 1 aromatic carbocycles. The van der Waals surface area contributed by atoms with E-state index in [1.54, 1.807) is 54.1 Å². The quantitative estimate of drug-likeness (QED) is 0.713. The summed E-state index contributed by atoms with van der Waals surface area (Å²) < 4.78 is 11.7. The Kier molecular flexibility index (Phi) is 4.88. The zero-order valence-electron chi connectivity index (χ0n) is 14.8. The summed E-state index contributed by atoms with van der Waals surface area (Å²) in [6, 6.07) is 10.2. The zero-order chi connectivity index (χ0) is 18.7. The smallest absolute Gasteiger partial charge is 0.337 e. The number of benzene rings is 1. The molecule has 3 aromatic rings. The molecular weight excluding hydrogens is 334 g/mol. The molecule has 0 aliphatic heterocycles. The van der Waals surface area contributed by atoms with Crippen molar-refractivity contribution in [1.82, 2.24) is 9.38 Å². The predicted octanol–water partition coefficient (Wildman–Crippen LogP) is 2.94. The first-order chi connectivity index (χ1) is 12.6. The highest BCUT2D eigenvalue weighted by Gasteiger charge is 2.20. The number of methoxy groups -OCH3 is 2. The van der Waals surface area contributed by atoms with Crippen molar-refractivity contribution in [2.75, 3.05) is 19.5 Å². The Balaban J connectivity index is 1.99. The number of nitrogens with one attached hydrogen (secondary N) is 1. The summed E-state index contributed by atoms with van der Waals surface area (Å²) in [5.41, 5.74) is 2.54. The molecule has 1 amide bonds. The molecule has 1 N–H and O–H groups in total. The predicted molar refractivity (Wildman–Crippen MR) is 96.9 cm³/mol. The number of carbonyl (C=O) groups excluding carboxylic acids is 2. The van der Waals surface area contributed by atoms with Gasteiger partial charge in [0.05, 0.1) is 25.5 Å². The standard InChI is InChI=1S/C19H19N3O4/c1-4-14-16(22-10-6-9-15(25-2)17(22)21-14)18(23)20-13-8-5-7-12(11-13)19(24)26-3/h5-11H,4H2,1-3H3,(H,20,23). The highest BCUT2D eigenvalue weighted by molar-refractivity contribution is 6.05. The number of aromatic nitrogens is 2. The highest BCUT2D eigenvalue weighted by atomic mass is 16.5. The van der Waals surface area contributed by atoms with Gasteiger partial charge in [0.2, 0.25) is 0 Å². The Morgan fingerprint density at radius 1 is 1.19 bits per heavy atom. The molecule has 7 heteroatoms. The third-order valence-electron chi connectivity index (χ3n) is 4.00. The number of anilines is 1. The molecule has 0 atom stereocenters. The van der Waals surface area contributed by atoms with Crippen LogP contribution in [-0.2, 0) is 11.2 Å². The van der Waals surface area contributed by atoms with E-state index in [1.807, 2.05) is 6.92 Å². The van der Waals surface area contributed by atoms with Crippen molar-refractivity contribution < 1.29 is 19.1 Å². The van der Waals surface area contributed by atoms with Crippen molar-refractivity contribution in [2.24, 2.45) is 0 Å². The number of ether oxygens (including phenoxy) is 2. The van der Waals surface area contributed by atoms with Gasteiger partial charge in [-0.05, 0) is 36.8 Å². The first kappa shape index (κ1) is 17.5. The van der Waals surface area contributed by atoms with Gasteiger partial charge >= 0.3 is 5.97 Å². The number of rotatable bonds is 5. The molecule has 3 rings (SSSR count). The zero-order valence-corrected chi connectivity index (χ0v) is 14.8. The summed E-state index contributed by atoms with van der Waals surface area (Å²) in [5, 5.41) is 2.82. The van der Waals surface area contributed by atoms with Crippen molar-refractivity contribution >= 4 is 23.2 Å². The molecule has 26 heavy (non-hydrogen) atoms. The number of amides is 1. The van der Waals surface area contributed by atoms with Crippen LogP contribution in [0.1, 0.15) is 33.5 Å². The lowest BCUT2D eigenvalue weighted by atomic mass is 10.2. The van der Waals surface area contributed by atoms with E-state index in [4.69, 9.17) is 9.47 Å². The molecule has 0 bridgehead atoms. The van der Waals surface area contributed by atoms with Crippen LogP contribution in [-0.4, -0.2) is 35.5 Å². The normalized spacial score (nSPS) is 10.6. The lowest BCUT2D eigenvalue weighted by Crippen LogP contribution is -2.16. The fraction of sp³-hybridized carbons (Fsp3) is 0.211. The molecule has 2 aromatic heterocycles. The third kappa shape index (κ3) is 3.11. The first-order valence-corrected chi connectivity index (χ1v) is 8.12. The van der Waals surface area contributed by atoms with Gasteiger partial charge in [-0.2, -0.15) is 0 Å². The van der Waals surface area contributed by atoms with Crippen molar-refractivity contribution in [2.45, 2.75) is 13.3 Å². The SMILES string of the molecule is CCc1nc2c(OC)cccn2c1C(=O)Nc1cccc(C(=O)OC)c1. The second-order valence-corrected chi connectivity index (χ2v) is 5.56. The van der Waals surface area contributed by atoms with Crippen LogP contribution >= 0.6 is 0 Å². The maximum Gasteiger partial charge on any atom is 0.337 e. The number of hydrogen-bond donors (Lipinski definition) is 1. The Morgan fingerprint density at radius 3 is 2.69 bits per heavy atom. The van der Waals surface area contributed by atoms with Crippen LogP contribution in [0.4, 0.5) is 5.69 Å². The lowest BCUT2D eigenvalue weighted by molar-refractivity contribution is 0.0600. The average Bonchev–Trinajstić information content (AvgIpc) is 3.06. The van der Waals surface area contributed by atoms with Gasteiger partial charge in [0.15, 0.2) is 11.4 Å². The Labute approximate surface area is 150 Å². The van der Waals surface area contributed by atoms with Gasteiger partial charge in [0.25, 0.3) is 5.91 Å². The number of imidazole rings is 1. The topological polar surface area (TPSA) is 81.9 Å². The Hall–Kier alpha value is -3.35. The maximum atomic E-state index is 12.9. The summed E-state index contributed by atoms with van der Waals surface area (Å²) >= 11 is 0. The van der Waals surface area contributed by atoms with E-state index in [0.29, 0.717) is 40.5 Å². The largest absolute Gasteiger partial charge is 0.493 e. The van der Waals surface area contributed by atoms with Crippen molar-refractivity contribution in [1.29, 1.82) is 0 Å². The summed E-state index contributed by atoms with van der Waals surface area (Å²) in [5.74, 6) is -0.187. The highest BCUT2D eigenvalue weighted by Crippen LogP contribution is 2.23. The molecule has 134 valence electrons. The summed E-state index contributed by atoms with van der Waals surface area (Å²) in [6.07, 6.45) is 2.36. The van der Waals surface area contributed by atoms with Gasteiger partial charge in [-0.15, -0.1) is 0 Å². The van der Waals surface area contributed by atoms with Crippen LogP contribution in [0.3, 0.4) is 0 Å².